The second kappa shape index (κ2) is 4.67. The van der Waals surface area contributed by atoms with Gasteiger partial charge in [-0.2, -0.15) is 0 Å². The summed E-state index contributed by atoms with van der Waals surface area (Å²) in [6.07, 6.45) is 0.814. The first kappa shape index (κ1) is 13.6. The summed E-state index contributed by atoms with van der Waals surface area (Å²) in [6, 6.07) is 6.81. The number of aryl methyl sites for hydroxylation is 2. The lowest BCUT2D eigenvalue weighted by Gasteiger charge is -2.46. The van der Waals surface area contributed by atoms with Gasteiger partial charge in [-0.3, -0.25) is 0 Å². The number of likely N-dealkylation sites (tertiary alicyclic amines) is 1. The van der Waals surface area contributed by atoms with Crippen molar-refractivity contribution < 1.29 is 5.11 Å². The lowest BCUT2D eigenvalue weighted by Crippen LogP contribution is -2.51. The molecule has 1 heterocycles. The number of rotatable bonds is 1. The summed E-state index contributed by atoms with van der Waals surface area (Å²) in [6.45, 7) is 9.50. The van der Waals surface area contributed by atoms with Crippen LogP contribution in [-0.2, 0) is 5.60 Å². The molecule has 2 heteroatoms. The Hall–Kier alpha value is -0.860. The standard InChI is InChI=1S/C16H25NO/c1-11-6-7-15(12(2)8-11)16(18)9-14(4)17(5)10-13(16)3/h6-8,13-14,18H,9-10H2,1-5H3/t13-,14+,16-/m0/s1. The molecule has 1 N–H and O–H groups in total. The molecule has 1 fully saturated rings. The maximum atomic E-state index is 11.1. The van der Waals surface area contributed by atoms with E-state index in [1.807, 2.05) is 0 Å². The molecule has 0 radical (unpaired) electrons. The van der Waals surface area contributed by atoms with Crippen molar-refractivity contribution in [2.45, 2.75) is 45.8 Å². The summed E-state index contributed by atoms with van der Waals surface area (Å²) in [5.74, 6) is 0.264. The SMILES string of the molecule is Cc1ccc([C@]2(O)C[C@@H](C)N(C)C[C@@H]2C)c(C)c1. The van der Waals surface area contributed by atoms with Gasteiger partial charge in [-0.15, -0.1) is 0 Å². The Morgan fingerprint density at radius 2 is 1.94 bits per heavy atom. The molecule has 100 valence electrons. The van der Waals surface area contributed by atoms with Gasteiger partial charge in [-0.25, -0.2) is 0 Å². The average Bonchev–Trinajstić information content (AvgIpc) is 2.26. The maximum absolute atomic E-state index is 11.1. The second-order valence-corrected chi connectivity index (χ2v) is 6.14. The van der Waals surface area contributed by atoms with Crippen molar-refractivity contribution >= 4 is 0 Å². The lowest BCUT2D eigenvalue weighted by atomic mass is 9.73. The molecule has 1 aromatic carbocycles. The van der Waals surface area contributed by atoms with Gasteiger partial charge in [-0.05, 0) is 45.4 Å². The van der Waals surface area contributed by atoms with Crippen LogP contribution in [0, 0.1) is 19.8 Å². The van der Waals surface area contributed by atoms with E-state index in [4.69, 9.17) is 0 Å². The number of hydrogen-bond acceptors (Lipinski definition) is 2. The predicted octanol–water partition coefficient (Wildman–Crippen LogP) is 2.85. The maximum Gasteiger partial charge on any atom is 0.0951 e. The van der Waals surface area contributed by atoms with Crippen molar-refractivity contribution in [3.05, 3.63) is 34.9 Å². The molecule has 0 saturated carbocycles. The minimum atomic E-state index is -0.677. The van der Waals surface area contributed by atoms with Crippen LogP contribution < -0.4 is 0 Å². The van der Waals surface area contributed by atoms with E-state index in [2.05, 4.69) is 57.8 Å². The first-order valence-electron chi connectivity index (χ1n) is 6.85. The van der Waals surface area contributed by atoms with Gasteiger partial charge in [0.2, 0.25) is 0 Å². The van der Waals surface area contributed by atoms with Gasteiger partial charge in [0, 0.05) is 18.5 Å². The third-order valence-electron chi connectivity index (χ3n) is 4.58. The molecule has 0 unspecified atom stereocenters. The van der Waals surface area contributed by atoms with E-state index in [9.17, 15) is 5.11 Å². The third kappa shape index (κ3) is 2.19. The van der Waals surface area contributed by atoms with Crippen LogP contribution in [0.3, 0.4) is 0 Å². The highest BCUT2D eigenvalue weighted by molar-refractivity contribution is 5.36. The van der Waals surface area contributed by atoms with E-state index in [-0.39, 0.29) is 5.92 Å². The number of nitrogens with zero attached hydrogens (tertiary/aromatic N) is 1. The van der Waals surface area contributed by atoms with E-state index in [1.54, 1.807) is 0 Å². The number of piperidine rings is 1. The lowest BCUT2D eigenvalue weighted by molar-refractivity contribution is -0.0847. The van der Waals surface area contributed by atoms with E-state index in [0.717, 1.165) is 18.5 Å². The third-order valence-corrected chi connectivity index (χ3v) is 4.58. The van der Waals surface area contributed by atoms with Crippen LogP contribution in [0.2, 0.25) is 0 Å². The van der Waals surface area contributed by atoms with Gasteiger partial charge in [0.1, 0.15) is 0 Å². The molecule has 18 heavy (non-hydrogen) atoms. The minimum absolute atomic E-state index is 0.264. The summed E-state index contributed by atoms with van der Waals surface area (Å²) in [4.78, 5) is 2.34. The highest BCUT2D eigenvalue weighted by atomic mass is 16.3. The van der Waals surface area contributed by atoms with Crippen LogP contribution in [0.4, 0.5) is 0 Å². The Morgan fingerprint density at radius 1 is 1.28 bits per heavy atom. The molecule has 2 nitrogen and oxygen atoms in total. The first-order chi connectivity index (χ1) is 8.34. The largest absolute Gasteiger partial charge is 0.385 e. The monoisotopic (exact) mass is 247 g/mol. The molecule has 2 rings (SSSR count). The molecule has 1 aromatic rings. The van der Waals surface area contributed by atoms with Gasteiger partial charge in [0.15, 0.2) is 0 Å². The molecular weight excluding hydrogens is 222 g/mol. The Labute approximate surface area is 111 Å². The summed E-state index contributed by atoms with van der Waals surface area (Å²) < 4.78 is 0. The van der Waals surface area contributed by atoms with Gasteiger partial charge in [0.05, 0.1) is 5.60 Å². The van der Waals surface area contributed by atoms with Crippen LogP contribution in [-0.4, -0.2) is 29.6 Å². The number of benzene rings is 1. The normalized spacial score (nSPS) is 33.7. The molecular formula is C16H25NO. The van der Waals surface area contributed by atoms with Crippen molar-refractivity contribution in [1.82, 2.24) is 4.90 Å². The number of aliphatic hydroxyl groups is 1. The van der Waals surface area contributed by atoms with Gasteiger partial charge in [-0.1, -0.05) is 30.7 Å². The first-order valence-corrected chi connectivity index (χ1v) is 6.85. The van der Waals surface area contributed by atoms with Crippen molar-refractivity contribution in [3.63, 3.8) is 0 Å². The van der Waals surface area contributed by atoms with Crippen molar-refractivity contribution in [2.24, 2.45) is 5.92 Å². The molecule has 0 aliphatic carbocycles. The van der Waals surface area contributed by atoms with E-state index < -0.39 is 5.60 Å². The summed E-state index contributed by atoms with van der Waals surface area (Å²) in [5.41, 5.74) is 2.90. The zero-order chi connectivity index (χ0) is 13.5. The van der Waals surface area contributed by atoms with Crippen molar-refractivity contribution in [1.29, 1.82) is 0 Å². The molecule has 0 bridgehead atoms. The smallest absolute Gasteiger partial charge is 0.0951 e. The van der Waals surface area contributed by atoms with E-state index in [1.165, 1.54) is 11.1 Å². The highest BCUT2D eigenvalue weighted by Crippen LogP contribution is 2.40. The van der Waals surface area contributed by atoms with Gasteiger partial charge in [0.25, 0.3) is 0 Å². The van der Waals surface area contributed by atoms with Crippen LogP contribution in [0.25, 0.3) is 0 Å². The topological polar surface area (TPSA) is 23.5 Å². The highest BCUT2D eigenvalue weighted by Gasteiger charge is 2.42. The van der Waals surface area contributed by atoms with Gasteiger partial charge < -0.3 is 10.0 Å². The molecule has 0 amide bonds. The van der Waals surface area contributed by atoms with Crippen LogP contribution in [0.15, 0.2) is 18.2 Å². The fourth-order valence-corrected chi connectivity index (χ4v) is 3.25. The summed E-state index contributed by atoms with van der Waals surface area (Å²) >= 11 is 0. The second-order valence-electron chi connectivity index (χ2n) is 6.14. The molecule has 0 aromatic heterocycles. The van der Waals surface area contributed by atoms with Gasteiger partial charge >= 0.3 is 0 Å². The average molecular weight is 247 g/mol. The zero-order valence-electron chi connectivity index (χ0n) is 12.2. The van der Waals surface area contributed by atoms with E-state index >= 15 is 0 Å². The van der Waals surface area contributed by atoms with Crippen LogP contribution in [0.5, 0.6) is 0 Å². The Morgan fingerprint density at radius 3 is 2.56 bits per heavy atom. The predicted molar refractivity (Wildman–Crippen MR) is 75.7 cm³/mol. The molecule has 1 aliphatic heterocycles. The molecule has 3 atom stereocenters. The van der Waals surface area contributed by atoms with Crippen molar-refractivity contribution in [2.75, 3.05) is 13.6 Å². The summed E-state index contributed by atoms with van der Waals surface area (Å²) in [5, 5.41) is 11.1. The van der Waals surface area contributed by atoms with Crippen molar-refractivity contribution in [3.8, 4) is 0 Å². The fourth-order valence-electron chi connectivity index (χ4n) is 3.25. The van der Waals surface area contributed by atoms with Crippen LogP contribution >= 0.6 is 0 Å². The Balaban J connectivity index is 2.40. The molecule has 0 spiro atoms. The molecule has 1 saturated heterocycles. The minimum Gasteiger partial charge on any atom is -0.385 e. The summed E-state index contributed by atoms with van der Waals surface area (Å²) in [7, 11) is 2.14. The quantitative estimate of drug-likeness (QED) is 0.825. The zero-order valence-corrected chi connectivity index (χ0v) is 12.2. The number of hydrogen-bond donors (Lipinski definition) is 1. The van der Waals surface area contributed by atoms with Crippen LogP contribution in [0.1, 0.15) is 37.0 Å². The Bertz CT molecular complexity index is 443. The molecule has 1 aliphatic rings. The Kier molecular flexibility index (Phi) is 3.52. The fraction of sp³-hybridized carbons (Fsp3) is 0.625. The van der Waals surface area contributed by atoms with E-state index in [0.29, 0.717) is 6.04 Å².